The molecule has 0 unspecified atom stereocenters. The highest BCUT2D eigenvalue weighted by Crippen LogP contribution is 2.27. The van der Waals surface area contributed by atoms with Gasteiger partial charge in [0.2, 0.25) is 0 Å². The Kier molecular flexibility index (Phi) is 5.63. The first-order valence-corrected chi connectivity index (χ1v) is 7.76. The van der Waals surface area contributed by atoms with Crippen molar-refractivity contribution in [3.8, 4) is 5.75 Å². The molecule has 0 aliphatic carbocycles. The van der Waals surface area contributed by atoms with Crippen molar-refractivity contribution in [1.82, 2.24) is 0 Å². The van der Waals surface area contributed by atoms with Gasteiger partial charge < -0.3 is 9.99 Å². The van der Waals surface area contributed by atoms with Gasteiger partial charge in [0.1, 0.15) is 0 Å². The van der Waals surface area contributed by atoms with Crippen LogP contribution in [-0.2, 0) is 9.13 Å². The molecule has 4 nitrogen and oxygen atoms in total. The van der Waals surface area contributed by atoms with Gasteiger partial charge in [-0.3, -0.25) is 0 Å². The predicted molar refractivity (Wildman–Crippen MR) is 88.2 cm³/mol. The Labute approximate surface area is 133 Å². The minimum absolute atomic E-state index is 0.287. The lowest BCUT2D eigenvalue weighted by Gasteiger charge is -2.10. The summed E-state index contributed by atoms with van der Waals surface area (Å²) in [5.41, 5.74) is 2.47. The van der Waals surface area contributed by atoms with Crippen LogP contribution in [0.25, 0.3) is 11.1 Å². The molecular weight excluding hydrogens is 300 g/mol. The second-order valence-corrected chi connectivity index (χ2v) is 4.98. The minimum atomic E-state index is -0.949. The molecule has 0 atom stereocenters. The Morgan fingerprint density at radius 2 is 1.64 bits per heavy atom. The van der Waals surface area contributed by atoms with Crippen molar-refractivity contribution in [2.45, 2.75) is 6.92 Å². The van der Waals surface area contributed by atoms with Gasteiger partial charge in [-0.1, -0.05) is 42.5 Å². The van der Waals surface area contributed by atoms with E-state index in [0.717, 1.165) is 17.6 Å². The van der Waals surface area contributed by atoms with Crippen LogP contribution in [0.15, 0.2) is 54.6 Å². The van der Waals surface area contributed by atoms with Gasteiger partial charge in [0.15, 0.2) is 5.75 Å². The van der Waals surface area contributed by atoms with E-state index >= 15 is 0 Å². The molecule has 114 valence electrons. The number of carboxylic acids is 1. The van der Waals surface area contributed by atoms with Crippen LogP contribution >= 0.6 is 12.0 Å². The summed E-state index contributed by atoms with van der Waals surface area (Å²) in [4.78, 5) is 16.6. The highest BCUT2D eigenvalue weighted by atomic mass is 32.2. The third kappa shape index (κ3) is 3.90. The topological polar surface area (TPSA) is 55.8 Å². The molecule has 22 heavy (non-hydrogen) atoms. The smallest absolute Gasteiger partial charge is 0.336 e. The molecule has 0 aliphatic heterocycles. The van der Waals surface area contributed by atoms with Gasteiger partial charge in [-0.2, -0.15) is 0 Å². The summed E-state index contributed by atoms with van der Waals surface area (Å²) < 4.78 is 4.79. The van der Waals surface area contributed by atoms with Crippen molar-refractivity contribution in [1.29, 1.82) is 0 Å². The number of carboxylic acid groups (broad SMARTS) is 1. The normalized spacial score (nSPS) is 11.7. The van der Waals surface area contributed by atoms with E-state index in [1.54, 1.807) is 49.6 Å². The average molecular weight is 316 g/mol. The molecule has 2 rings (SSSR count). The van der Waals surface area contributed by atoms with E-state index in [1.807, 2.05) is 18.2 Å². The van der Waals surface area contributed by atoms with Crippen LogP contribution < -0.4 is 4.89 Å². The fourth-order valence-corrected chi connectivity index (χ4v) is 2.23. The molecule has 0 spiro atoms. The van der Waals surface area contributed by atoms with Crippen LogP contribution in [0.2, 0.25) is 0 Å². The highest BCUT2D eigenvalue weighted by Gasteiger charge is 2.15. The lowest BCUT2D eigenvalue weighted by atomic mass is 9.96. The molecule has 0 aromatic heterocycles. The number of aliphatic carboxylic acids is 1. The predicted octanol–water partition coefficient (Wildman–Crippen LogP) is 4.29. The summed E-state index contributed by atoms with van der Waals surface area (Å²) in [5.74, 6) is -0.391. The lowest BCUT2D eigenvalue weighted by Crippen LogP contribution is -2.02. The van der Waals surface area contributed by atoms with Crippen molar-refractivity contribution in [3.63, 3.8) is 0 Å². The van der Waals surface area contributed by atoms with Gasteiger partial charge in [-0.15, -0.1) is 4.33 Å². The van der Waals surface area contributed by atoms with Gasteiger partial charge in [0.05, 0.1) is 5.57 Å². The molecule has 0 radical (unpaired) electrons. The highest BCUT2D eigenvalue weighted by molar-refractivity contribution is 7.93. The quantitative estimate of drug-likeness (QED) is 0.283. The van der Waals surface area contributed by atoms with E-state index < -0.39 is 5.97 Å². The van der Waals surface area contributed by atoms with Crippen LogP contribution in [0.5, 0.6) is 5.75 Å². The summed E-state index contributed by atoms with van der Waals surface area (Å²) >= 11 is 1.10. The first kappa shape index (κ1) is 16.1. The van der Waals surface area contributed by atoms with E-state index in [2.05, 4.69) is 0 Å². The number of hydrogen-bond acceptors (Lipinski definition) is 4. The first-order chi connectivity index (χ1) is 10.6. The SMILES string of the molecule is CSOOc1ccc(/C(C)=C(/C(=O)O)c2ccccc2)cc1. The van der Waals surface area contributed by atoms with E-state index in [4.69, 9.17) is 9.22 Å². The second kappa shape index (κ2) is 7.68. The van der Waals surface area contributed by atoms with Crippen molar-refractivity contribution in [2.75, 3.05) is 6.26 Å². The Morgan fingerprint density at radius 3 is 2.18 bits per heavy atom. The van der Waals surface area contributed by atoms with Gasteiger partial charge in [-0.25, -0.2) is 4.79 Å². The first-order valence-electron chi connectivity index (χ1n) is 6.61. The van der Waals surface area contributed by atoms with Crippen LogP contribution in [-0.4, -0.2) is 17.3 Å². The van der Waals surface area contributed by atoms with Gasteiger partial charge >= 0.3 is 5.97 Å². The maximum atomic E-state index is 11.6. The van der Waals surface area contributed by atoms with Gasteiger partial charge in [0, 0.05) is 18.3 Å². The molecule has 0 fully saturated rings. The van der Waals surface area contributed by atoms with Crippen molar-refractivity contribution in [3.05, 3.63) is 65.7 Å². The maximum absolute atomic E-state index is 11.6. The summed E-state index contributed by atoms with van der Waals surface area (Å²) in [6.45, 7) is 1.80. The molecule has 0 aliphatic rings. The van der Waals surface area contributed by atoms with Gasteiger partial charge in [0.25, 0.3) is 0 Å². The molecule has 2 aromatic rings. The zero-order valence-corrected chi connectivity index (χ0v) is 13.1. The number of hydrogen-bond donors (Lipinski definition) is 1. The fourth-order valence-electron chi connectivity index (χ4n) is 2.08. The summed E-state index contributed by atoms with van der Waals surface area (Å²) in [5, 5.41) is 9.52. The minimum Gasteiger partial charge on any atom is -0.478 e. The van der Waals surface area contributed by atoms with E-state index in [9.17, 15) is 9.90 Å². The number of carbonyl (C=O) groups is 1. The number of allylic oxidation sites excluding steroid dienone is 1. The van der Waals surface area contributed by atoms with Crippen molar-refractivity contribution < 1.29 is 19.1 Å². The number of benzene rings is 2. The van der Waals surface area contributed by atoms with Gasteiger partial charge in [-0.05, 0) is 35.8 Å². The molecular formula is C17H16O4S. The molecule has 0 saturated heterocycles. The van der Waals surface area contributed by atoms with E-state index in [-0.39, 0.29) is 5.57 Å². The van der Waals surface area contributed by atoms with Crippen LogP contribution in [0.3, 0.4) is 0 Å². The van der Waals surface area contributed by atoms with Crippen LogP contribution in [0, 0.1) is 0 Å². The molecule has 5 heteroatoms. The zero-order valence-electron chi connectivity index (χ0n) is 12.3. The zero-order chi connectivity index (χ0) is 15.9. The van der Waals surface area contributed by atoms with Crippen molar-refractivity contribution >= 4 is 29.2 Å². The van der Waals surface area contributed by atoms with E-state index in [1.165, 1.54) is 0 Å². The number of rotatable bonds is 6. The third-order valence-electron chi connectivity index (χ3n) is 3.14. The van der Waals surface area contributed by atoms with Crippen LogP contribution in [0.4, 0.5) is 0 Å². The largest absolute Gasteiger partial charge is 0.478 e. The monoisotopic (exact) mass is 316 g/mol. The summed E-state index contributed by atoms with van der Waals surface area (Å²) in [6, 6.07) is 16.2. The maximum Gasteiger partial charge on any atom is 0.336 e. The Hall–Kier alpha value is -2.24. The second-order valence-electron chi connectivity index (χ2n) is 4.51. The Balaban J connectivity index is 2.37. The Morgan fingerprint density at radius 1 is 1.00 bits per heavy atom. The molecule has 1 N–H and O–H groups in total. The fraction of sp³-hybridized carbons (Fsp3) is 0.118. The molecule has 2 aromatic carbocycles. The van der Waals surface area contributed by atoms with E-state index in [0.29, 0.717) is 16.9 Å². The van der Waals surface area contributed by atoms with Crippen LogP contribution in [0.1, 0.15) is 18.1 Å². The standard InChI is InChI=1S/C17H16O4S/c1-12(13-8-10-15(11-9-13)20-21-22-2)16(17(18)19)14-6-4-3-5-7-14/h3-11H,1-2H3,(H,18,19)/b16-12+. The molecule has 0 saturated carbocycles. The molecule has 0 amide bonds. The summed E-state index contributed by atoms with van der Waals surface area (Å²) in [7, 11) is 0. The molecule has 0 heterocycles. The Bertz CT molecular complexity index is 663. The van der Waals surface area contributed by atoms with Crippen molar-refractivity contribution in [2.24, 2.45) is 0 Å². The summed E-state index contributed by atoms with van der Waals surface area (Å²) in [6.07, 6.45) is 1.75. The lowest BCUT2D eigenvalue weighted by molar-refractivity contribution is -0.130. The average Bonchev–Trinajstić information content (AvgIpc) is 2.54. The third-order valence-corrected chi connectivity index (χ3v) is 3.34. The molecule has 0 bridgehead atoms.